The maximum atomic E-state index is 11.8. The molecule has 0 saturated heterocycles. The van der Waals surface area contributed by atoms with Gasteiger partial charge in [0.05, 0.1) is 28.2 Å². The minimum absolute atomic E-state index is 0.00165. The van der Waals surface area contributed by atoms with Gasteiger partial charge in [0.25, 0.3) is 0 Å². The third-order valence-electron chi connectivity index (χ3n) is 2.77. The van der Waals surface area contributed by atoms with E-state index in [1.165, 1.54) is 21.0 Å². The number of esters is 1. The van der Waals surface area contributed by atoms with Crippen molar-refractivity contribution in [3.05, 3.63) is 22.3 Å². The molecular formula is C13H12BrN3O4. The molecule has 0 unspecified atom stereocenters. The van der Waals surface area contributed by atoms with E-state index in [4.69, 9.17) is 0 Å². The summed E-state index contributed by atoms with van der Waals surface area (Å²) in [6, 6.07) is 3.22. The van der Waals surface area contributed by atoms with Gasteiger partial charge in [-0.05, 0) is 28.1 Å². The molecule has 0 aliphatic rings. The first kappa shape index (κ1) is 15.2. The molecular weight excluding hydrogens is 342 g/mol. The number of ether oxygens (including phenoxy) is 1. The zero-order valence-electron chi connectivity index (χ0n) is 11.6. The maximum absolute atomic E-state index is 11.8. The Morgan fingerprint density at radius 3 is 2.48 bits per heavy atom. The van der Waals surface area contributed by atoms with Gasteiger partial charge in [-0.1, -0.05) is 0 Å². The standard InChI is InChI=1S/C13H12BrN3O4/c1-6(18)15-8-4-5-9-10(11(8)14)12(13(20)21-3)16-17(9)7(2)19/h4-5H,1-3H3,(H,15,18). The summed E-state index contributed by atoms with van der Waals surface area (Å²) in [6.07, 6.45) is 0. The highest BCUT2D eigenvalue weighted by Crippen LogP contribution is 2.34. The maximum Gasteiger partial charge on any atom is 0.359 e. The minimum atomic E-state index is -0.666. The molecule has 0 bridgehead atoms. The van der Waals surface area contributed by atoms with Crippen molar-refractivity contribution in [2.24, 2.45) is 0 Å². The molecule has 0 atom stereocenters. The SMILES string of the molecule is COC(=O)c1nn(C(C)=O)c2ccc(NC(C)=O)c(Br)c12. The third-order valence-corrected chi connectivity index (χ3v) is 3.60. The van der Waals surface area contributed by atoms with Gasteiger partial charge < -0.3 is 10.1 Å². The lowest BCUT2D eigenvalue weighted by atomic mass is 10.2. The van der Waals surface area contributed by atoms with Gasteiger partial charge in [-0.15, -0.1) is 0 Å². The van der Waals surface area contributed by atoms with Crippen LogP contribution in [0.2, 0.25) is 0 Å². The van der Waals surface area contributed by atoms with Crippen LogP contribution in [0.1, 0.15) is 29.1 Å². The number of aromatic nitrogens is 2. The molecule has 110 valence electrons. The summed E-state index contributed by atoms with van der Waals surface area (Å²) >= 11 is 3.33. The second-order valence-corrected chi connectivity index (χ2v) is 5.07. The first-order valence-corrected chi connectivity index (χ1v) is 6.74. The number of hydrogen-bond donors (Lipinski definition) is 1. The summed E-state index contributed by atoms with van der Waals surface area (Å²) in [7, 11) is 1.23. The van der Waals surface area contributed by atoms with Gasteiger partial charge in [0, 0.05) is 13.8 Å². The molecule has 1 aromatic heterocycles. The summed E-state index contributed by atoms with van der Waals surface area (Å²) < 4.78 is 6.26. The first-order valence-electron chi connectivity index (χ1n) is 5.95. The number of fused-ring (bicyclic) bond motifs is 1. The molecule has 1 N–H and O–H groups in total. The molecule has 1 amide bonds. The van der Waals surface area contributed by atoms with Crippen LogP contribution in [0.25, 0.3) is 10.9 Å². The number of methoxy groups -OCH3 is 1. The van der Waals surface area contributed by atoms with E-state index in [2.05, 4.69) is 31.1 Å². The number of anilines is 1. The number of rotatable bonds is 2. The fourth-order valence-corrected chi connectivity index (χ4v) is 2.56. The molecule has 0 saturated carbocycles. The van der Waals surface area contributed by atoms with Crippen LogP contribution in [0, 0.1) is 0 Å². The van der Waals surface area contributed by atoms with Gasteiger partial charge in [-0.25, -0.2) is 4.79 Å². The number of carbonyl (C=O) groups excluding carboxylic acids is 3. The van der Waals surface area contributed by atoms with Crippen molar-refractivity contribution >= 4 is 50.3 Å². The van der Waals surface area contributed by atoms with Crippen LogP contribution in [0.15, 0.2) is 16.6 Å². The van der Waals surface area contributed by atoms with E-state index in [1.807, 2.05) is 0 Å². The van der Waals surface area contributed by atoms with Gasteiger partial charge >= 0.3 is 5.97 Å². The van der Waals surface area contributed by atoms with Gasteiger partial charge in [0.1, 0.15) is 0 Å². The Hall–Kier alpha value is -2.22. The Balaban J connectivity index is 2.80. The predicted molar refractivity (Wildman–Crippen MR) is 79.4 cm³/mol. The fraction of sp³-hybridized carbons (Fsp3) is 0.231. The molecule has 1 heterocycles. The van der Waals surface area contributed by atoms with E-state index in [-0.39, 0.29) is 17.5 Å². The highest BCUT2D eigenvalue weighted by molar-refractivity contribution is 9.10. The Morgan fingerprint density at radius 2 is 1.95 bits per heavy atom. The normalized spacial score (nSPS) is 10.5. The lowest BCUT2D eigenvalue weighted by molar-refractivity contribution is -0.114. The molecule has 0 radical (unpaired) electrons. The van der Waals surface area contributed by atoms with E-state index in [1.54, 1.807) is 12.1 Å². The van der Waals surface area contributed by atoms with Crippen molar-refractivity contribution in [2.45, 2.75) is 13.8 Å². The lowest BCUT2D eigenvalue weighted by Crippen LogP contribution is -2.09. The Bertz CT molecular complexity index is 766. The summed E-state index contributed by atoms with van der Waals surface area (Å²) in [5.41, 5.74) is 0.925. The monoisotopic (exact) mass is 353 g/mol. The van der Waals surface area contributed by atoms with Gasteiger partial charge in [-0.3, -0.25) is 9.59 Å². The van der Waals surface area contributed by atoms with Crippen LogP contribution in [0.5, 0.6) is 0 Å². The number of amides is 1. The summed E-state index contributed by atoms with van der Waals surface area (Å²) in [6.45, 7) is 2.71. The molecule has 0 spiro atoms. The Morgan fingerprint density at radius 1 is 1.29 bits per heavy atom. The summed E-state index contributed by atoms with van der Waals surface area (Å²) in [4.78, 5) is 34.6. The van der Waals surface area contributed by atoms with Crippen LogP contribution < -0.4 is 5.32 Å². The van der Waals surface area contributed by atoms with Crippen LogP contribution in [-0.2, 0) is 9.53 Å². The lowest BCUT2D eigenvalue weighted by Gasteiger charge is -2.07. The van der Waals surface area contributed by atoms with E-state index in [0.717, 1.165) is 4.68 Å². The first-order chi connectivity index (χ1) is 9.86. The number of nitrogens with one attached hydrogen (secondary N) is 1. The highest BCUT2D eigenvalue weighted by atomic mass is 79.9. The van der Waals surface area contributed by atoms with Gasteiger partial charge in [0.15, 0.2) is 5.69 Å². The number of benzene rings is 1. The largest absolute Gasteiger partial charge is 0.464 e. The van der Waals surface area contributed by atoms with Crippen LogP contribution in [-0.4, -0.2) is 34.7 Å². The second-order valence-electron chi connectivity index (χ2n) is 4.27. The molecule has 2 aromatic rings. The van der Waals surface area contributed by atoms with Crippen molar-refractivity contribution in [3.8, 4) is 0 Å². The average Bonchev–Trinajstić information content (AvgIpc) is 2.81. The quantitative estimate of drug-likeness (QED) is 0.835. The predicted octanol–water partition coefficient (Wildman–Crippen LogP) is 2.20. The van der Waals surface area contributed by atoms with E-state index in [0.29, 0.717) is 21.1 Å². The van der Waals surface area contributed by atoms with E-state index in [9.17, 15) is 14.4 Å². The summed E-state index contributed by atoms with van der Waals surface area (Å²) in [5, 5.41) is 7.02. The average molecular weight is 354 g/mol. The smallest absolute Gasteiger partial charge is 0.359 e. The molecule has 21 heavy (non-hydrogen) atoms. The van der Waals surface area contributed by atoms with Crippen molar-refractivity contribution in [1.82, 2.24) is 9.78 Å². The number of halogens is 1. The van der Waals surface area contributed by atoms with Crippen LogP contribution >= 0.6 is 15.9 Å². The van der Waals surface area contributed by atoms with Crippen molar-refractivity contribution in [2.75, 3.05) is 12.4 Å². The topological polar surface area (TPSA) is 90.3 Å². The molecule has 1 aromatic carbocycles. The molecule has 0 aliphatic heterocycles. The minimum Gasteiger partial charge on any atom is -0.464 e. The molecule has 0 fully saturated rings. The van der Waals surface area contributed by atoms with Gasteiger partial charge in [-0.2, -0.15) is 9.78 Å². The number of carbonyl (C=O) groups is 3. The van der Waals surface area contributed by atoms with Crippen molar-refractivity contribution in [1.29, 1.82) is 0 Å². The van der Waals surface area contributed by atoms with E-state index < -0.39 is 5.97 Å². The highest BCUT2D eigenvalue weighted by Gasteiger charge is 2.23. The number of nitrogens with zero attached hydrogens (tertiary/aromatic N) is 2. The van der Waals surface area contributed by atoms with Crippen molar-refractivity contribution < 1.29 is 19.1 Å². The van der Waals surface area contributed by atoms with Crippen LogP contribution in [0.3, 0.4) is 0 Å². The zero-order chi connectivity index (χ0) is 15.7. The molecule has 2 rings (SSSR count). The second kappa shape index (κ2) is 5.65. The molecule has 0 aliphatic carbocycles. The van der Waals surface area contributed by atoms with E-state index >= 15 is 0 Å². The number of hydrogen-bond acceptors (Lipinski definition) is 5. The molecule has 7 nitrogen and oxygen atoms in total. The Kier molecular flexibility index (Phi) is 4.08. The molecule has 8 heteroatoms. The Labute approximate surface area is 128 Å². The fourth-order valence-electron chi connectivity index (χ4n) is 1.94. The van der Waals surface area contributed by atoms with Gasteiger partial charge in [0.2, 0.25) is 11.8 Å². The third kappa shape index (κ3) is 2.66. The van der Waals surface area contributed by atoms with Crippen LogP contribution in [0.4, 0.5) is 5.69 Å². The zero-order valence-corrected chi connectivity index (χ0v) is 13.1. The summed E-state index contributed by atoms with van der Waals surface area (Å²) in [5.74, 6) is -1.26. The van der Waals surface area contributed by atoms with Crippen molar-refractivity contribution in [3.63, 3.8) is 0 Å².